The summed E-state index contributed by atoms with van der Waals surface area (Å²) < 4.78 is 1.04. The molecular formula is C16H26BrNO. The molecule has 1 aromatic carbocycles. The van der Waals surface area contributed by atoms with Gasteiger partial charge in [0.1, 0.15) is 0 Å². The van der Waals surface area contributed by atoms with Crippen molar-refractivity contribution >= 4 is 15.9 Å². The van der Waals surface area contributed by atoms with Crippen LogP contribution in [0, 0.1) is 5.92 Å². The molecule has 0 aliphatic carbocycles. The summed E-state index contributed by atoms with van der Waals surface area (Å²) in [5.74, 6) is 0.367. The van der Waals surface area contributed by atoms with Gasteiger partial charge in [0.25, 0.3) is 0 Å². The van der Waals surface area contributed by atoms with Crippen LogP contribution in [0.5, 0.6) is 0 Å². The Bertz CT molecular complexity index is 370. The number of benzene rings is 1. The molecule has 0 saturated heterocycles. The van der Waals surface area contributed by atoms with Gasteiger partial charge in [-0.15, -0.1) is 0 Å². The second-order valence-electron chi connectivity index (χ2n) is 5.20. The lowest BCUT2D eigenvalue weighted by atomic mass is 9.82. The highest BCUT2D eigenvalue weighted by Crippen LogP contribution is 2.29. The number of aliphatic hydroxyl groups is 1. The van der Waals surface area contributed by atoms with E-state index in [0.717, 1.165) is 22.9 Å². The number of aliphatic hydroxyl groups excluding tert-OH is 1. The Morgan fingerprint density at radius 2 is 2.05 bits per heavy atom. The van der Waals surface area contributed by atoms with Gasteiger partial charge in [-0.2, -0.15) is 0 Å². The zero-order valence-corrected chi connectivity index (χ0v) is 13.6. The van der Waals surface area contributed by atoms with Gasteiger partial charge in [-0.05, 0) is 30.0 Å². The molecule has 0 saturated carbocycles. The van der Waals surface area contributed by atoms with Gasteiger partial charge >= 0.3 is 0 Å². The largest absolute Gasteiger partial charge is 0.392 e. The first kappa shape index (κ1) is 16.7. The van der Waals surface area contributed by atoms with Crippen molar-refractivity contribution in [3.63, 3.8) is 0 Å². The van der Waals surface area contributed by atoms with Crippen molar-refractivity contribution in [2.24, 2.45) is 11.7 Å². The molecule has 0 amide bonds. The number of hydrogen-bond acceptors (Lipinski definition) is 2. The zero-order chi connectivity index (χ0) is 14.3. The average molecular weight is 328 g/mol. The predicted molar refractivity (Wildman–Crippen MR) is 85.3 cm³/mol. The molecule has 0 fully saturated rings. The van der Waals surface area contributed by atoms with E-state index in [2.05, 4.69) is 41.9 Å². The van der Waals surface area contributed by atoms with E-state index in [1.807, 2.05) is 12.1 Å². The molecule has 0 heterocycles. The third-order valence-electron chi connectivity index (χ3n) is 3.88. The molecule has 0 spiro atoms. The average Bonchev–Trinajstić information content (AvgIpc) is 2.40. The smallest absolute Gasteiger partial charge is 0.0648 e. The van der Waals surface area contributed by atoms with Gasteiger partial charge in [-0.1, -0.05) is 61.2 Å². The quantitative estimate of drug-likeness (QED) is 0.756. The molecule has 19 heavy (non-hydrogen) atoms. The van der Waals surface area contributed by atoms with Crippen LogP contribution >= 0.6 is 15.9 Å². The molecule has 1 rings (SSSR count). The number of rotatable bonds is 8. The Balaban J connectivity index is 2.82. The number of unbranched alkanes of at least 4 members (excludes halogenated alkanes) is 1. The molecule has 0 aliphatic rings. The second kappa shape index (κ2) is 8.72. The lowest BCUT2D eigenvalue weighted by molar-refractivity contribution is 0.0743. The monoisotopic (exact) mass is 327 g/mol. The lowest BCUT2D eigenvalue weighted by Crippen LogP contribution is -2.32. The maximum absolute atomic E-state index is 10.6. The van der Waals surface area contributed by atoms with E-state index >= 15 is 0 Å². The van der Waals surface area contributed by atoms with Crippen LogP contribution in [0.3, 0.4) is 0 Å². The summed E-state index contributed by atoms with van der Waals surface area (Å²) in [6.45, 7) is 4.83. The van der Waals surface area contributed by atoms with Crippen molar-refractivity contribution in [3.05, 3.63) is 34.3 Å². The maximum atomic E-state index is 10.6. The Kier molecular flexibility index (Phi) is 7.66. The van der Waals surface area contributed by atoms with E-state index in [9.17, 15) is 5.11 Å². The standard InChI is InChI=1S/C16H26BrNO/c1-3-5-7-12(4-2)16(19)15(11-18)13-8-6-9-14(17)10-13/h6,8-10,12,15-16,19H,3-5,7,11,18H2,1-2H3. The van der Waals surface area contributed by atoms with Crippen molar-refractivity contribution in [1.82, 2.24) is 0 Å². The van der Waals surface area contributed by atoms with E-state index < -0.39 is 0 Å². The van der Waals surface area contributed by atoms with Crippen molar-refractivity contribution in [2.75, 3.05) is 6.54 Å². The maximum Gasteiger partial charge on any atom is 0.0648 e. The third kappa shape index (κ3) is 4.90. The molecule has 2 nitrogen and oxygen atoms in total. The van der Waals surface area contributed by atoms with Gasteiger partial charge < -0.3 is 10.8 Å². The Morgan fingerprint density at radius 3 is 2.58 bits per heavy atom. The first-order valence-electron chi connectivity index (χ1n) is 7.27. The number of nitrogens with two attached hydrogens (primary N) is 1. The SMILES string of the molecule is CCCCC(CC)C(O)C(CN)c1cccc(Br)c1. The zero-order valence-electron chi connectivity index (χ0n) is 12.0. The van der Waals surface area contributed by atoms with Crippen molar-refractivity contribution in [3.8, 4) is 0 Å². The summed E-state index contributed by atoms with van der Waals surface area (Å²) >= 11 is 3.48. The molecular weight excluding hydrogens is 302 g/mol. The topological polar surface area (TPSA) is 46.2 Å². The highest BCUT2D eigenvalue weighted by molar-refractivity contribution is 9.10. The van der Waals surface area contributed by atoms with Crippen LogP contribution in [-0.4, -0.2) is 17.8 Å². The van der Waals surface area contributed by atoms with Crippen LogP contribution in [0.1, 0.15) is 51.0 Å². The summed E-state index contributed by atoms with van der Waals surface area (Å²) in [5.41, 5.74) is 7.03. The van der Waals surface area contributed by atoms with E-state index in [0.29, 0.717) is 12.5 Å². The van der Waals surface area contributed by atoms with Crippen LogP contribution in [-0.2, 0) is 0 Å². The molecule has 3 atom stereocenters. The highest BCUT2D eigenvalue weighted by Gasteiger charge is 2.26. The normalized spacial score (nSPS) is 16.1. The molecule has 3 unspecified atom stereocenters. The fourth-order valence-corrected chi connectivity index (χ4v) is 3.04. The van der Waals surface area contributed by atoms with E-state index in [1.165, 1.54) is 12.8 Å². The number of halogens is 1. The highest BCUT2D eigenvalue weighted by atomic mass is 79.9. The van der Waals surface area contributed by atoms with E-state index in [4.69, 9.17) is 5.73 Å². The van der Waals surface area contributed by atoms with Gasteiger partial charge in [-0.3, -0.25) is 0 Å². The molecule has 0 aromatic heterocycles. The summed E-state index contributed by atoms with van der Waals surface area (Å²) in [6.07, 6.45) is 4.08. The molecule has 0 radical (unpaired) electrons. The lowest BCUT2D eigenvalue weighted by Gasteiger charge is -2.29. The molecule has 1 aromatic rings. The van der Waals surface area contributed by atoms with Crippen LogP contribution < -0.4 is 5.73 Å². The first-order valence-corrected chi connectivity index (χ1v) is 8.06. The summed E-state index contributed by atoms with van der Waals surface area (Å²) in [5, 5.41) is 10.6. The van der Waals surface area contributed by atoms with Gasteiger partial charge in [0.2, 0.25) is 0 Å². The molecule has 3 heteroatoms. The molecule has 0 bridgehead atoms. The van der Waals surface area contributed by atoms with E-state index in [-0.39, 0.29) is 12.0 Å². The Morgan fingerprint density at radius 1 is 1.32 bits per heavy atom. The third-order valence-corrected chi connectivity index (χ3v) is 4.37. The molecule has 3 N–H and O–H groups in total. The first-order chi connectivity index (χ1) is 9.13. The summed E-state index contributed by atoms with van der Waals surface area (Å²) in [6, 6.07) is 8.12. The number of hydrogen-bond donors (Lipinski definition) is 2. The Hall–Kier alpha value is -0.380. The van der Waals surface area contributed by atoms with Crippen molar-refractivity contribution < 1.29 is 5.11 Å². The fourth-order valence-electron chi connectivity index (χ4n) is 2.62. The van der Waals surface area contributed by atoms with E-state index in [1.54, 1.807) is 0 Å². The van der Waals surface area contributed by atoms with Gasteiger partial charge in [0.05, 0.1) is 6.10 Å². The van der Waals surface area contributed by atoms with Crippen LogP contribution in [0.4, 0.5) is 0 Å². The van der Waals surface area contributed by atoms with Crippen LogP contribution in [0.2, 0.25) is 0 Å². The molecule has 0 aliphatic heterocycles. The van der Waals surface area contributed by atoms with Crippen molar-refractivity contribution in [1.29, 1.82) is 0 Å². The minimum Gasteiger partial charge on any atom is -0.392 e. The van der Waals surface area contributed by atoms with Crippen LogP contribution in [0.25, 0.3) is 0 Å². The summed E-state index contributed by atoms with van der Waals surface area (Å²) in [7, 11) is 0. The minimum atomic E-state index is -0.351. The second-order valence-corrected chi connectivity index (χ2v) is 6.11. The van der Waals surface area contributed by atoms with Gasteiger partial charge in [0, 0.05) is 16.9 Å². The van der Waals surface area contributed by atoms with Crippen molar-refractivity contribution in [2.45, 2.75) is 51.6 Å². The van der Waals surface area contributed by atoms with Gasteiger partial charge in [-0.25, -0.2) is 0 Å². The minimum absolute atomic E-state index is 0.0271. The summed E-state index contributed by atoms with van der Waals surface area (Å²) in [4.78, 5) is 0. The predicted octanol–water partition coefficient (Wildman–Crippen LogP) is 4.07. The van der Waals surface area contributed by atoms with Gasteiger partial charge in [0.15, 0.2) is 0 Å². The van der Waals surface area contributed by atoms with Crippen LogP contribution in [0.15, 0.2) is 28.7 Å². The Labute approximate surface area is 125 Å². The fraction of sp³-hybridized carbons (Fsp3) is 0.625. The molecule has 108 valence electrons.